The topological polar surface area (TPSA) is 156 Å². The number of carbonyl (C=O) groups is 4. The van der Waals surface area contributed by atoms with E-state index < -0.39 is 46.0 Å². The minimum absolute atomic E-state index is 0. The predicted octanol–water partition coefficient (Wildman–Crippen LogP) is -4.83. The van der Waals surface area contributed by atoms with Crippen molar-refractivity contribution in [1.82, 2.24) is 19.6 Å². The van der Waals surface area contributed by atoms with Crippen molar-refractivity contribution in [3.05, 3.63) is 35.9 Å². The third kappa shape index (κ3) is 5.07. The van der Waals surface area contributed by atoms with Gasteiger partial charge in [0.15, 0.2) is 16.2 Å². The van der Waals surface area contributed by atoms with E-state index in [1.165, 1.54) is 4.90 Å². The van der Waals surface area contributed by atoms with Gasteiger partial charge in [0.1, 0.15) is 6.17 Å². The number of hydroxylamine groups is 1. The zero-order chi connectivity index (χ0) is 22.1. The number of carbonyl (C=O) groups excluding carboxylic acids is 4. The maximum Gasteiger partial charge on any atom is 1.00 e. The van der Waals surface area contributed by atoms with Gasteiger partial charge < -0.3 is 14.4 Å². The van der Waals surface area contributed by atoms with Crippen LogP contribution in [0.5, 0.6) is 0 Å². The van der Waals surface area contributed by atoms with Gasteiger partial charge in [-0.2, -0.15) is 0 Å². The summed E-state index contributed by atoms with van der Waals surface area (Å²) in [6.07, 6.45) is -1.73. The quantitative estimate of drug-likeness (QED) is 0.106. The SMILES string of the molecule is CCN1CCN([C@@H]2[C@@H](C(=O)NOCc3ccccc3)C(=O)N2S(=O)(=O)[O-])C(=O)C1=O.[Na+]. The van der Waals surface area contributed by atoms with Crippen LogP contribution in [-0.2, 0) is 40.9 Å². The fraction of sp³-hybridized carbons (Fsp3) is 0.412. The summed E-state index contributed by atoms with van der Waals surface area (Å²) in [5.74, 6) is -6.04. The largest absolute Gasteiger partial charge is 1.00 e. The first-order valence-corrected chi connectivity index (χ1v) is 10.4. The van der Waals surface area contributed by atoms with Crippen molar-refractivity contribution in [3.63, 3.8) is 0 Å². The Kier molecular flexibility index (Phi) is 8.19. The van der Waals surface area contributed by atoms with Crippen molar-refractivity contribution in [2.45, 2.75) is 19.7 Å². The van der Waals surface area contributed by atoms with Crippen LogP contribution < -0.4 is 35.0 Å². The van der Waals surface area contributed by atoms with Gasteiger partial charge >= 0.3 is 41.4 Å². The number of likely N-dealkylation sites (N-methyl/N-ethyl adjacent to an activating group) is 1. The van der Waals surface area contributed by atoms with Crippen LogP contribution in [0.4, 0.5) is 0 Å². The monoisotopic (exact) mass is 462 g/mol. The van der Waals surface area contributed by atoms with Gasteiger partial charge in [-0.15, -0.1) is 0 Å². The number of β-lactam (4-membered cyclic amide) rings is 1. The molecule has 0 spiro atoms. The summed E-state index contributed by atoms with van der Waals surface area (Å²) in [5.41, 5.74) is 2.75. The second-order valence-electron chi connectivity index (χ2n) is 6.61. The van der Waals surface area contributed by atoms with Gasteiger partial charge in [0, 0.05) is 19.6 Å². The minimum atomic E-state index is -5.31. The van der Waals surface area contributed by atoms with E-state index in [0.29, 0.717) is 0 Å². The van der Waals surface area contributed by atoms with Crippen molar-refractivity contribution >= 4 is 33.9 Å². The standard InChI is InChI=1S/C17H20N4O8S.Na/c1-2-19-8-9-20(17(25)16(19)24)14-12(15(23)21(14)30(26,27)28)13(22)18-29-10-11-6-4-3-5-7-11;/h3-7,12,14H,2,8-10H2,1H3,(H,18,22)(H,26,27,28);/q;+1/p-1/t12-,14+;/m1./s1. The molecule has 2 fully saturated rings. The zero-order valence-electron chi connectivity index (χ0n) is 16.9. The van der Waals surface area contributed by atoms with E-state index in [1.807, 2.05) is 5.48 Å². The maximum atomic E-state index is 12.4. The number of hydrogen-bond donors (Lipinski definition) is 1. The van der Waals surface area contributed by atoms with Crippen molar-refractivity contribution < 1.29 is 66.5 Å². The number of piperazine rings is 1. The first-order chi connectivity index (χ1) is 14.2. The van der Waals surface area contributed by atoms with Gasteiger partial charge in [0.25, 0.3) is 11.8 Å². The second-order valence-corrected chi connectivity index (χ2v) is 7.86. The van der Waals surface area contributed by atoms with Crippen LogP contribution in [0.3, 0.4) is 0 Å². The molecule has 12 nitrogen and oxygen atoms in total. The van der Waals surface area contributed by atoms with Crippen LogP contribution in [-0.4, -0.2) is 76.5 Å². The molecule has 4 amide bonds. The molecule has 0 saturated carbocycles. The van der Waals surface area contributed by atoms with Gasteiger partial charge in [-0.3, -0.25) is 24.0 Å². The summed E-state index contributed by atoms with van der Waals surface area (Å²) in [4.78, 5) is 56.3. The molecule has 31 heavy (non-hydrogen) atoms. The zero-order valence-corrected chi connectivity index (χ0v) is 19.7. The molecule has 1 aromatic rings. The van der Waals surface area contributed by atoms with Crippen molar-refractivity contribution in [3.8, 4) is 0 Å². The molecule has 0 aromatic heterocycles. The van der Waals surface area contributed by atoms with Gasteiger partial charge in [0.05, 0.1) is 6.61 Å². The van der Waals surface area contributed by atoms with Crippen molar-refractivity contribution in [1.29, 1.82) is 0 Å². The molecule has 2 saturated heterocycles. The summed E-state index contributed by atoms with van der Waals surface area (Å²) < 4.78 is 34.4. The Bertz CT molecular complexity index is 974. The molecule has 14 heteroatoms. The molecular formula is C17H19N4NaO8S. The van der Waals surface area contributed by atoms with Crippen LogP contribution in [0.2, 0.25) is 0 Å². The fourth-order valence-electron chi connectivity index (χ4n) is 3.32. The van der Waals surface area contributed by atoms with E-state index in [9.17, 15) is 32.1 Å². The summed E-state index contributed by atoms with van der Waals surface area (Å²) in [7, 11) is -5.31. The van der Waals surface area contributed by atoms with Gasteiger partial charge in [-0.25, -0.2) is 18.2 Å². The Labute approximate surface area is 200 Å². The molecule has 162 valence electrons. The van der Waals surface area contributed by atoms with E-state index in [0.717, 1.165) is 10.5 Å². The third-order valence-electron chi connectivity index (χ3n) is 4.84. The Morgan fingerprint density at radius 3 is 2.39 bits per heavy atom. The smallest absolute Gasteiger partial charge is 0.731 e. The summed E-state index contributed by atoms with van der Waals surface area (Å²) in [6, 6.07) is 8.75. The summed E-state index contributed by atoms with van der Waals surface area (Å²) in [6.45, 7) is 1.80. The van der Waals surface area contributed by atoms with Crippen LogP contribution in [0.15, 0.2) is 30.3 Å². The van der Waals surface area contributed by atoms with Crippen LogP contribution in [0.25, 0.3) is 0 Å². The van der Waals surface area contributed by atoms with Crippen molar-refractivity contribution in [2.24, 2.45) is 5.92 Å². The van der Waals surface area contributed by atoms with E-state index in [-0.39, 0.29) is 60.1 Å². The number of benzene rings is 1. The number of nitrogens with zero attached hydrogens (tertiary/aromatic N) is 3. The maximum absolute atomic E-state index is 12.4. The van der Waals surface area contributed by atoms with Crippen LogP contribution >= 0.6 is 0 Å². The first-order valence-electron chi connectivity index (χ1n) is 9.01. The Morgan fingerprint density at radius 2 is 1.81 bits per heavy atom. The van der Waals surface area contributed by atoms with Gasteiger partial charge in [-0.05, 0) is 12.5 Å². The van der Waals surface area contributed by atoms with E-state index in [1.54, 1.807) is 37.3 Å². The predicted molar refractivity (Wildman–Crippen MR) is 97.2 cm³/mol. The molecule has 2 heterocycles. The molecule has 2 aliphatic rings. The molecule has 3 rings (SSSR count). The van der Waals surface area contributed by atoms with E-state index in [2.05, 4.69) is 0 Å². The number of hydrogen-bond acceptors (Lipinski definition) is 8. The van der Waals surface area contributed by atoms with E-state index >= 15 is 0 Å². The average Bonchev–Trinajstić information content (AvgIpc) is 2.68. The fourth-order valence-corrected chi connectivity index (χ4v) is 4.15. The Hall–Kier alpha value is -2.03. The Morgan fingerprint density at radius 1 is 1.16 bits per heavy atom. The third-order valence-corrected chi connectivity index (χ3v) is 5.72. The minimum Gasteiger partial charge on any atom is -0.731 e. The van der Waals surface area contributed by atoms with Crippen molar-refractivity contribution in [2.75, 3.05) is 19.6 Å². The summed E-state index contributed by atoms with van der Waals surface area (Å²) >= 11 is 0. The number of nitrogens with one attached hydrogen (secondary N) is 1. The molecule has 0 bridgehead atoms. The molecule has 1 aromatic carbocycles. The van der Waals surface area contributed by atoms with Crippen LogP contribution in [0, 0.1) is 5.92 Å². The molecular weight excluding hydrogens is 443 g/mol. The van der Waals surface area contributed by atoms with Gasteiger partial charge in [0.2, 0.25) is 0 Å². The molecule has 2 aliphatic heterocycles. The molecule has 0 radical (unpaired) electrons. The molecule has 0 aliphatic carbocycles. The Balaban J connectivity index is 0.00000341. The molecule has 0 unspecified atom stereocenters. The normalized spacial score (nSPS) is 21.5. The number of rotatable bonds is 7. The molecule has 1 N–H and O–H groups in total. The van der Waals surface area contributed by atoms with E-state index in [4.69, 9.17) is 4.84 Å². The molecule has 2 atom stereocenters. The summed E-state index contributed by atoms with van der Waals surface area (Å²) in [5, 5.41) is 0. The number of amides is 4. The average molecular weight is 462 g/mol. The second kappa shape index (κ2) is 10.1. The first kappa shape index (κ1) is 25.2. The van der Waals surface area contributed by atoms with Gasteiger partial charge in [-0.1, -0.05) is 30.3 Å². The van der Waals surface area contributed by atoms with Crippen LogP contribution in [0.1, 0.15) is 12.5 Å².